The normalized spacial score (nSPS) is 20.6. The van der Waals surface area contributed by atoms with Crippen LogP contribution in [0.4, 0.5) is 0 Å². The molecule has 2 atom stereocenters. The van der Waals surface area contributed by atoms with E-state index in [0.717, 1.165) is 45.2 Å². The molecule has 0 aromatic heterocycles. The summed E-state index contributed by atoms with van der Waals surface area (Å²) < 4.78 is 0. The van der Waals surface area contributed by atoms with Crippen LogP contribution in [0.3, 0.4) is 0 Å². The van der Waals surface area contributed by atoms with Gasteiger partial charge < -0.3 is 16.0 Å². The number of likely N-dealkylation sites (tertiary alicyclic amines) is 1. The van der Waals surface area contributed by atoms with Gasteiger partial charge in [0.15, 0.2) is 0 Å². The van der Waals surface area contributed by atoms with Crippen LogP contribution in [0.25, 0.3) is 0 Å². The van der Waals surface area contributed by atoms with E-state index in [1.165, 1.54) is 13.0 Å². The molecule has 20 heavy (non-hydrogen) atoms. The Balaban J connectivity index is 2.18. The SMILES string of the molecule is CCCN1CCC(NC(=O)C(C)CCCC(C)N)CC1. The molecule has 1 aliphatic heterocycles. The maximum Gasteiger partial charge on any atom is 0.223 e. The highest BCUT2D eigenvalue weighted by molar-refractivity contribution is 5.78. The van der Waals surface area contributed by atoms with E-state index in [0.29, 0.717) is 6.04 Å². The number of nitrogens with one attached hydrogen (secondary N) is 1. The van der Waals surface area contributed by atoms with Gasteiger partial charge in [-0.2, -0.15) is 0 Å². The molecule has 0 aromatic carbocycles. The molecule has 1 heterocycles. The summed E-state index contributed by atoms with van der Waals surface area (Å²) in [6.07, 6.45) is 6.40. The van der Waals surface area contributed by atoms with Crippen molar-refractivity contribution >= 4 is 5.91 Å². The van der Waals surface area contributed by atoms with Crippen molar-refractivity contribution in [3.8, 4) is 0 Å². The summed E-state index contributed by atoms with van der Waals surface area (Å²) >= 11 is 0. The molecule has 0 aromatic rings. The molecule has 0 spiro atoms. The van der Waals surface area contributed by atoms with Crippen molar-refractivity contribution in [2.45, 2.75) is 71.4 Å². The molecular formula is C16H33N3O. The maximum absolute atomic E-state index is 12.1. The smallest absolute Gasteiger partial charge is 0.223 e. The van der Waals surface area contributed by atoms with E-state index in [4.69, 9.17) is 5.73 Å². The first-order valence-corrected chi connectivity index (χ1v) is 8.31. The van der Waals surface area contributed by atoms with Gasteiger partial charge in [-0.25, -0.2) is 0 Å². The van der Waals surface area contributed by atoms with Crippen LogP contribution in [-0.4, -0.2) is 42.5 Å². The zero-order valence-corrected chi connectivity index (χ0v) is 13.5. The summed E-state index contributed by atoms with van der Waals surface area (Å²) in [6, 6.07) is 0.625. The van der Waals surface area contributed by atoms with E-state index < -0.39 is 0 Å². The molecule has 1 saturated heterocycles. The highest BCUT2D eigenvalue weighted by Crippen LogP contribution is 2.13. The van der Waals surface area contributed by atoms with Crippen LogP contribution in [0.1, 0.15) is 59.3 Å². The number of rotatable bonds is 8. The summed E-state index contributed by atoms with van der Waals surface area (Å²) in [5.41, 5.74) is 5.74. The van der Waals surface area contributed by atoms with Crippen molar-refractivity contribution in [2.75, 3.05) is 19.6 Å². The molecule has 1 fully saturated rings. The number of hydrogen-bond acceptors (Lipinski definition) is 3. The van der Waals surface area contributed by atoms with Gasteiger partial charge in [-0.1, -0.05) is 20.3 Å². The Kier molecular flexibility index (Phi) is 8.15. The molecule has 1 amide bonds. The Morgan fingerprint density at radius 1 is 1.30 bits per heavy atom. The lowest BCUT2D eigenvalue weighted by molar-refractivity contribution is -0.125. The number of hydrogen-bond donors (Lipinski definition) is 2. The summed E-state index contributed by atoms with van der Waals surface area (Å²) in [5.74, 6) is 0.339. The van der Waals surface area contributed by atoms with Gasteiger partial charge in [0.1, 0.15) is 0 Å². The second kappa shape index (κ2) is 9.35. The molecule has 1 aliphatic rings. The molecule has 1 rings (SSSR count). The quantitative estimate of drug-likeness (QED) is 0.717. The lowest BCUT2D eigenvalue weighted by atomic mass is 9.99. The predicted molar refractivity (Wildman–Crippen MR) is 84.6 cm³/mol. The first kappa shape index (κ1) is 17.4. The summed E-state index contributed by atoms with van der Waals surface area (Å²) in [4.78, 5) is 14.6. The molecule has 2 unspecified atom stereocenters. The van der Waals surface area contributed by atoms with Gasteiger partial charge in [0.2, 0.25) is 5.91 Å². The van der Waals surface area contributed by atoms with Crippen LogP contribution in [0.15, 0.2) is 0 Å². The zero-order chi connectivity index (χ0) is 15.0. The van der Waals surface area contributed by atoms with E-state index in [2.05, 4.69) is 17.1 Å². The third-order valence-corrected chi connectivity index (χ3v) is 4.22. The van der Waals surface area contributed by atoms with Crippen LogP contribution in [-0.2, 0) is 4.79 Å². The second-order valence-corrected chi connectivity index (χ2v) is 6.43. The highest BCUT2D eigenvalue weighted by atomic mass is 16.1. The summed E-state index contributed by atoms with van der Waals surface area (Å²) in [7, 11) is 0. The van der Waals surface area contributed by atoms with E-state index in [9.17, 15) is 4.79 Å². The molecule has 0 radical (unpaired) electrons. The molecule has 0 bridgehead atoms. The topological polar surface area (TPSA) is 58.4 Å². The minimum Gasteiger partial charge on any atom is -0.353 e. The second-order valence-electron chi connectivity index (χ2n) is 6.43. The molecule has 0 aliphatic carbocycles. The summed E-state index contributed by atoms with van der Waals surface area (Å²) in [5, 5.41) is 3.22. The number of piperidine rings is 1. The van der Waals surface area contributed by atoms with Crippen molar-refractivity contribution in [2.24, 2.45) is 11.7 Å². The monoisotopic (exact) mass is 283 g/mol. The standard InChI is InChI=1S/C16H33N3O/c1-4-10-19-11-8-15(9-12-19)18-16(20)13(2)6-5-7-14(3)17/h13-15H,4-12,17H2,1-3H3,(H,18,20). The number of nitrogens with zero attached hydrogens (tertiary/aromatic N) is 1. The maximum atomic E-state index is 12.1. The Morgan fingerprint density at radius 3 is 2.50 bits per heavy atom. The highest BCUT2D eigenvalue weighted by Gasteiger charge is 2.22. The average molecular weight is 283 g/mol. The zero-order valence-electron chi connectivity index (χ0n) is 13.5. The molecule has 118 valence electrons. The molecular weight excluding hydrogens is 250 g/mol. The third kappa shape index (κ3) is 6.71. The largest absolute Gasteiger partial charge is 0.353 e. The van der Waals surface area contributed by atoms with E-state index in [1.807, 2.05) is 13.8 Å². The van der Waals surface area contributed by atoms with Crippen molar-refractivity contribution < 1.29 is 4.79 Å². The first-order valence-electron chi connectivity index (χ1n) is 8.31. The van der Waals surface area contributed by atoms with Gasteiger partial charge >= 0.3 is 0 Å². The van der Waals surface area contributed by atoms with Gasteiger partial charge in [-0.15, -0.1) is 0 Å². The Labute approximate surface area is 124 Å². The fourth-order valence-corrected chi connectivity index (χ4v) is 2.84. The third-order valence-electron chi connectivity index (χ3n) is 4.22. The lowest BCUT2D eigenvalue weighted by Crippen LogP contribution is -2.46. The summed E-state index contributed by atoms with van der Waals surface area (Å²) in [6.45, 7) is 9.71. The van der Waals surface area contributed by atoms with E-state index in [-0.39, 0.29) is 17.9 Å². The van der Waals surface area contributed by atoms with Crippen molar-refractivity contribution in [3.05, 3.63) is 0 Å². The van der Waals surface area contributed by atoms with Crippen LogP contribution in [0.2, 0.25) is 0 Å². The Morgan fingerprint density at radius 2 is 1.95 bits per heavy atom. The van der Waals surface area contributed by atoms with Crippen molar-refractivity contribution in [1.29, 1.82) is 0 Å². The van der Waals surface area contributed by atoms with Gasteiger partial charge in [0.05, 0.1) is 0 Å². The fourth-order valence-electron chi connectivity index (χ4n) is 2.84. The minimum absolute atomic E-state index is 0.113. The van der Waals surface area contributed by atoms with Gasteiger partial charge in [-0.05, 0) is 45.6 Å². The molecule has 3 N–H and O–H groups in total. The van der Waals surface area contributed by atoms with Crippen molar-refractivity contribution in [1.82, 2.24) is 10.2 Å². The molecule has 4 heteroatoms. The van der Waals surface area contributed by atoms with Gasteiger partial charge in [-0.3, -0.25) is 4.79 Å². The van der Waals surface area contributed by atoms with Crippen LogP contribution >= 0.6 is 0 Å². The van der Waals surface area contributed by atoms with Crippen LogP contribution in [0.5, 0.6) is 0 Å². The minimum atomic E-state index is 0.113. The fraction of sp³-hybridized carbons (Fsp3) is 0.938. The molecule has 0 saturated carbocycles. The van der Waals surface area contributed by atoms with Crippen molar-refractivity contribution in [3.63, 3.8) is 0 Å². The average Bonchev–Trinajstić information content (AvgIpc) is 2.40. The lowest BCUT2D eigenvalue weighted by Gasteiger charge is -2.32. The predicted octanol–water partition coefficient (Wildman–Crippen LogP) is 2.13. The first-order chi connectivity index (χ1) is 9.52. The van der Waals surface area contributed by atoms with Crippen LogP contribution in [0, 0.1) is 5.92 Å². The number of carbonyl (C=O) groups excluding carboxylic acids is 1. The number of nitrogens with two attached hydrogens (primary N) is 1. The number of amides is 1. The Hall–Kier alpha value is -0.610. The van der Waals surface area contributed by atoms with Gasteiger partial charge in [0.25, 0.3) is 0 Å². The number of carbonyl (C=O) groups is 1. The van der Waals surface area contributed by atoms with Crippen LogP contribution < -0.4 is 11.1 Å². The Bertz CT molecular complexity index is 273. The van der Waals surface area contributed by atoms with E-state index >= 15 is 0 Å². The van der Waals surface area contributed by atoms with E-state index in [1.54, 1.807) is 0 Å². The van der Waals surface area contributed by atoms with Gasteiger partial charge in [0, 0.05) is 31.1 Å². The molecule has 4 nitrogen and oxygen atoms in total.